The number of ether oxygens (including phenoxy) is 3. The number of alkyl halides is 2. The van der Waals surface area contributed by atoms with E-state index in [0.717, 1.165) is 0 Å². The van der Waals surface area contributed by atoms with Crippen molar-refractivity contribution in [2.45, 2.75) is 51.3 Å². The molecule has 164 valence electrons. The smallest absolute Gasteiger partial charge is 0.429 e. The lowest BCUT2D eigenvalue weighted by Crippen LogP contribution is -2.41. The zero-order chi connectivity index (χ0) is 22.6. The maximum Gasteiger partial charge on any atom is 0.432 e. The summed E-state index contributed by atoms with van der Waals surface area (Å²) in [5.74, 6) is -10.1. The van der Waals surface area contributed by atoms with Crippen LogP contribution in [0.3, 0.4) is 0 Å². The second-order valence-electron chi connectivity index (χ2n) is 7.77. The molecule has 0 radical (unpaired) electrons. The van der Waals surface area contributed by atoms with E-state index in [1.807, 2.05) is 0 Å². The van der Waals surface area contributed by atoms with Gasteiger partial charge in [-0.15, -0.1) is 0 Å². The maximum atomic E-state index is 14.5. The minimum atomic E-state index is -4.67. The third-order valence-corrected chi connectivity index (χ3v) is 5.08. The first kappa shape index (κ1) is 22.4. The van der Waals surface area contributed by atoms with Gasteiger partial charge in [0, 0.05) is 17.7 Å². The molecule has 0 bridgehead atoms. The van der Waals surface area contributed by atoms with E-state index in [4.69, 9.17) is 9.47 Å². The van der Waals surface area contributed by atoms with Gasteiger partial charge in [0.1, 0.15) is 22.9 Å². The van der Waals surface area contributed by atoms with Gasteiger partial charge >= 0.3 is 6.11 Å². The molecular weight excluding hydrogens is 421 g/mol. The lowest BCUT2D eigenvalue weighted by Gasteiger charge is -2.30. The van der Waals surface area contributed by atoms with Crippen LogP contribution in [0.25, 0.3) is 0 Å². The molecule has 1 aliphatic heterocycles. The van der Waals surface area contributed by atoms with Crippen LogP contribution >= 0.6 is 0 Å². The summed E-state index contributed by atoms with van der Waals surface area (Å²) in [4.78, 5) is 0. The summed E-state index contributed by atoms with van der Waals surface area (Å²) in [7, 11) is 0. The van der Waals surface area contributed by atoms with Crippen molar-refractivity contribution in [3.8, 4) is 5.75 Å². The first-order valence-corrected chi connectivity index (χ1v) is 8.71. The van der Waals surface area contributed by atoms with Crippen molar-refractivity contribution in [2.75, 3.05) is 0 Å². The van der Waals surface area contributed by atoms with Gasteiger partial charge in [0.05, 0.1) is 11.2 Å². The highest BCUT2D eigenvalue weighted by molar-refractivity contribution is 5.32. The molecule has 0 atom stereocenters. The van der Waals surface area contributed by atoms with Crippen LogP contribution in [0.1, 0.15) is 45.1 Å². The predicted octanol–water partition coefficient (Wildman–Crippen LogP) is 6.11. The van der Waals surface area contributed by atoms with E-state index in [1.165, 1.54) is 0 Å². The van der Waals surface area contributed by atoms with Crippen LogP contribution in [0.2, 0.25) is 0 Å². The van der Waals surface area contributed by atoms with E-state index in [-0.39, 0.29) is 17.7 Å². The summed E-state index contributed by atoms with van der Waals surface area (Å²) in [6.07, 6.45) is -5.89. The Labute approximate surface area is 167 Å². The third-order valence-electron chi connectivity index (χ3n) is 5.08. The minimum absolute atomic E-state index is 0.126. The van der Waals surface area contributed by atoms with E-state index < -0.39 is 64.0 Å². The lowest BCUT2D eigenvalue weighted by molar-refractivity contribution is -0.189. The van der Waals surface area contributed by atoms with Crippen LogP contribution in [0.4, 0.5) is 30.7 Å². The van der Waals surface area contributed by atoms with E-state index in [1.54, 1.807) is 27.7 Å². The number of halogens is 7. The molecule has 1 fully saturated rings. The number of rotatable bonds is 4. The molecule has 30 heavy (non-hydrogen) atoms. The van der Waals surface area contributed by atoms with Crippen LogP contribution in [-0.4, -0.2) is 11.2 Å². The molecule has 1 saturated heterocycles. The SMILES string of the molecule is CC1(C)OC(c2cc(F)c(C(F)(F)Oc3cc(F)c(F)c(F)c3)c(F)c2)OC1(C)C. The molecule has 1 heterocycles. The zero-order valence-electron chi connectivity index (χ0n) is 16.3. The van der Waals surface area contributed by atoms with Crippen LogP contribution in [0, 0.1) is 29.1 Å². The molecule has 0 N–H and O–H groups in total. The highest BCUT2D eigenvalue weighted by Crippen LogP contribution is 2.46. The summed E-state index contributed by atoms with van der Waals surface area (Å²) >= 11 is 0. The summed E-state index contributed by atoms with van der Waals surface area (Å²) in [6.45, 7) is 6.77. The normalized spacial score (nSPS) is 18.6. The molecule has 0 aliphatic carbocycles. The highest BCUT2D eigenvalue weighted by Gasteiger charge is 2.50. The fourth-order valence-corrected chi connectivity index (χ4v) is 2.78. The van der Waals surface area contributed by atoms with Gasteiger partial charge in [0.15, 0.2) is 23.7 Å². The molecule has 10 heteroatoms. The van der Waals surface area contributed by atoms with Crippen LogP contribution in [0.5, 0.6) is 5.75 Å². The molecule has 2 aromatic rings. The Morgan fingerprint density at radius 1 is 0.767 bits per heavy atom. The van der Waals surface area contributed by atoms with Gasteiger partial charge in [-0.3, -0.25) is 0 Å². The largest absolute Gasteiger partial charge is 0.432 e. The average Bonchev–Trinajstić information content (AvgIpc) is 2.79. The van der Waals surface area contributed by atoms with E-state index in [0.29, 0.717) is 12.1 Å². The Hall–Kier alpha value is -2.33. The molecule has 3 rings (SSSR count). The highest BCUT2D eigenvalue weighted by atomic mass is 19.3. The molecule has 1 aliphatic rings. The van der Waals surface area contributed by atoms with Crippen molar-refractivity contribution in [1.29, 1.82) is 0 Å². The van der Waals surface area contributed by atoms with E-state index in [2.05, 4.69) is 4.74 Å². The van der Waals surface area contributed by atoms with Gasteiger partial charge < -0.3 is 14.2 Å². The van der Waals surface area contributed by atoms with Gasteiger partial charge in [-0.25, -0.2) is 22.0 Å². The van der Waals surface area contributed by atoms with Crippen LogP contribution in [0.15, 0.2) is 24.3 Å². The Bertz CT molecular complexity index is 926. The van der Waals surface area contributed by atoms with Crippen molar-refractivity contribution >= 4 is 0 Å². The van der Waals surface area contributed by atoms with Crippen molar-refractivity contribution in [3.05, 3.63) is 64.5 Å². The van der Waals surface area contributed by atoms with Gasteiger partial charge in [0.2, 0.25) is 0 Å². The van der Waals surface area contributed by atoms with Crippen molar-refractivity contribution in [1.82, 2.24) is 0 Å². The average molecular weight is 438 g/mol. The van der Waals surface area contributed by atoms with Crippen molar-refractivity contribution in [3.63, 3.8) is 0 Å². The van der Waals surface area contributed by atoms with Crippen LogP contribution in [-0.2, 0) is 15.6 Å². The monoisotopic (exact) mass is 438 g/mol. The Morgan fingerprint density at radius 2 is 1.20 bits per heavy atom. The Kier molecular flexibility index (Phi) is 5.31. The van der Waals surface area contributed by atoms with Crippen molar-refractivity contribution < 1.29 is 44.9 Å². The topological polar surface area (TPSA) is 27.7 Å². The molecule has 0 saturated carbocycles. The molecule has 0 unspecified atom stereocenters. The van der Waals surface area contributed by atoms with E-state index >= 15 is 0 Å². The van der Waals surface area contributed by atoms with E-state index in [9.17, 15) is 30.7 Å². The Morgan fingerprint density at radius 3 is 1.63 bits per heavy atom. The number of hydrogen-bond donors (Lipinski definition) is 0. The van der Waals surface area contributed by atoms with Gasteiger partial charge in [0.25, 0.3) is 0 Å². The summed E-state index contributed by atoms with van der Waals surface area (Å²) in [5, 5.41) is 0. The second-order valence-corrected chi connectivity index (χ2v) is 7.77. The first-order chi connectivity index (χ1) is 13.6. The molecular formula is C20H17F7O3. The predicted molar refractivity (Wildman–Crippen MR) is 90.3 cm³/mol. The summed E-state index contributed by atoms with van der Waals surface area (Å²) < 4.78 is 112. The van der Waals surface area contributed by atoms with Gasteiger partial charge in [-0.1, -0.05) is 0 Å². The standard InChI is InChI=1S/C20H17F7O3/c1-18(2)19(3,4)30-17(29-18)9-5-11(21)15(12(22)6-9)20(26,27)28-10-7-13(23)16(25)14(24)8-10/h5-8,17H,1-4H3. The first-order valence-electron chi connectivity index (χ1n) is 8.71. The maximum absolute atomic E-state index is 14.5. The molecule has 0 aromatic heterocycles. The van der Waals surface area contributed by atoms with Gasteiger partial charge in [-0.2, -0.15) is 8.78 Å². The fraction of sp³-hybridized carbons (Fsp3) is 0.400. The molecule has 0 spiro atoms. The summed E-state index contributed by atoms with van der Waals surface area (Å²) in [6, 6.07) is 1.43. The minimum Gasteiger partial charge on any atom is -0.429 e. The quantitative estimate of drug-likeness (QED) is 0.426. The lowest BCUT2D eigenvalue weighted by atomic mass is 9.90. The number of benzene rings is 2. The zero-order valence-corrected chi connectivity index (χ0v) is 16.3. The summed E-state index contributed by atoms with van der Waals surface area (Å²) in [5.41, 5.74) is -3.67. The fourth-order valence-electron chi connectivity index (χ4n) is 2.78. The van der Waals surface area contributed by atoms with Crippen molar-refractivity contribution in [2.24, 2.45) is 0 Å². The molecule has 3 nitrogen and oxygen atoms in total. The van der Waals surface area contributed by atoms with Crippen LogP contribution < -0.4 is 4.74 Å². The second kappa shape index (κ2) is 7.12. The number of hydrogen-bond acceptors (Lipinski definition) is 3. The Balaban J connectivity index is 1.93. The molecule has 2 aromatic carbocycles. The van der Waals surface area contributed by atoms with Gasteiger partial charge in [-0.05, 0) is 39.8 Å². The third kappa shape index (κ3) is 3.85. The molecule has 0 amide bonds.